The highest BCUT2D eigenvalue weighted by Crippen LogP contribution is 2.29. The minimum atomic E-state index is 0.184. The predicted octanol–water partition coefficient (Wildman–Crippen LogP) is 4.17. The third kappa shape index (κ3) is 2.88. The van der Waals surface area contributed by atoms with Crippen LogP contribution in [0.4, 0.5) is 0 Å². The van der Waals surface area contributed by atoms with Crippen molar-refractivity contribution in [3.63, 3.8) is 0 Å². The first-order valence-electron chi connectivity index (χ1n) is 5.73. The zero-order valence-electron chi connectivity index (χ0n) is 8.88. The molecule has 2 heteroatoms. The Kier molecular flexibility index (Phi) is 3.53. The van der Waals surface area contributed by atoms with Crippen molar-refractivity contribution in [3.05, 3.63) is 28.8 Å². The summed E-state index contributed by atoms with van der Waals surface area (Å²) in [6.07, 6.45) is 7.94. The van der Waals surface area contributed by atoms with Gasteiger partial charge in [0.15, 0.2) is 0 Å². The summed E-state index contributed by atoms with van der Waals surface area (Å²) in [5.41, 5.74) is 1.25. The van der Waals surface area contributed by atoms with Crippen LogP contribution in [0, 0.1) is 5.92 Å². The lowest BCUT2D eigenvalue weighted by Crippen LogP contribution is -2.09. The van der Waals surface area contributed by atoms with Gasteiger partial charge in [0.2, 0.25) is 0 Å². The molecule has 0 aromatic heterocycles. The maximum absolute atomic E-state index is 9.32. The average molecular weight is 225 g/mol. The molecule has 0 amide bonds. The number of phenols is 1. The van der Waals surface area contributed by atoms with Gasteiger partial charge >= 0.3 is 0 Å². The Morgan fingerprint density at radius 3 is 2.60 bits per heavy atom. The molecule has 1 aliphatic rings. The normalized spacial score (nSPS) is 17.9. The van der Waals surface area contributed by atoms with Gasteiger partial charge in [-0.2, -0.15) is 0 Å². The predicted molar refractivity (Wildman–Crippen MR) is 63.4 cm³/mol. The van der Waals surface area contributed by atoms with Gasteiger partial charge in [-0.25, -0.2) is 0 Å². The minimum Gasteiger partial charge on any atom is -0.506 e. The van der Waals surface area contributed by atoms with Crippen LogP contribution in [0.3, 0.4) is 0 Å². The molecule has 1 aromatic rings. The first-order chi connectivity index (χ1) is 7.25. The molecule has 0 saturated heterocycles. The van der Waals surface area contributed by atoms with E-state index < -0.39 is 0 Å². The minimum absolute atomic E-state index is 0.184. The van der Waals surface area contributed by atoms with Crippen molar-refractivity contribution in [1.82, 2.24) is 0 Å². The van der Waals surface area contributed by atoms with Crippen molar-refractivity contribution >= 4 is 11.6 Å². The third-order valence-corrected chi connectivity index (χ3v) is 3.56. The van der Waals surface area contributed by atoms with Crippen molar-refractivity contribution in [2.45, 2.75) is 38.5 Å². The van der Waals surface area contributed by atoms with Crippen molar-refractivity contribution in [1.29, 1.82) is 0 Å². The van der Waals surface area contributed by atoms with Crippen LogP contribution in [-0.4, -0.2) is 5.11 Å². The summed E-state index contributed by atoms with van der Waals surface area (Å²) in [6, 6.07) is 5.57. The van der Waals surface area contributed by atoms with E-state index in [9.17, 15) is 5.11 Å². The Bertz CT molecular complexity index is 329. The topological polar surface area (TPSA) is 20.2 Å². The van der Waals surface area contributed by atoms with E-state index in [1.54, 1.807) is 6.07 Å². The van der Waals surface area contributed by atoms with Crippen molar-refractivity contribution in [2.75, 3.05) is 0 Å². The number of hydrogen-bond acceptors (Lipinski definition) is 1. The maximum atomic E-state index is 9.32. The number of phenolic OH excluding ortho intramolecular Hbond substituents is 1. The van der Waals surface area contributed by atoms with Gasteiger partial charge in [0.05, 0.1) is 5.02 Å². The number of rotatable bonds is 2. The van der Waals surface area contributed by atoms with E-state index in [1.807, 2.05) is 12.1 Å². The van der Waals surface area contributed by atoms with E-state index in [2.05, 4.69) is 0 Å². The molecule has 0 bridgehead atoms. The molecule has 15 heavy (non-hydrogen) atoms. The highest BCUT2D eigenvalue weighted by molar-refractivity contribution is 6.32. The lowest BCUT2D eigenvalue weighted by Gasteiger charge is -2.21. The molecule has 0 aliphatic heterocycles. The Labute approximate surface area is 96.1 Å². The molecule has 0 spiro atoms. The van der Waals surface area contributed by atoms with E-state index in [0.717, 1.165) is 12.3 Å². The molecule has 0 heterocycles. The van der Waals surface area contributed by atoms with Crippen LogP contribution in [-0.2, 0) is 6.42 Å². The van der Waals surface area contributed by atoms with Crippen LogP contribution in [0.2, 0.25) is 5.02 Å². The van der Waals surface area contributed by atoms with Gasteiger partial charge < -0.3 is 5.11 Å². The third-order valence-electron chi connectivity index (χ3n) is 3.26. The smallest absolute Gasteiger partial charge is 0.134 e. The fourth-order valence-electron chi connectivity index (χ4n) is 2.40. The standard InChI is InChI=1S/C13H17ClO/c14-12-9-11(6-7-13(12)15)8-10-4-2-1-3-5-10/h6-7,9-10,15H,1-5,8H2. The molecule has 82 valence electrons. The number of hydrogen-bond donors (Lipinski definition) is 1. The molecular formula is C13H17ClO. The van der Waals surface area contributed by atoms with Gasteiger partial charge in [-0.15, -0.1) is 0 Å². The van der Waals surface area contributed by atoms with Crippen LogP contribution in [0.15, 0.2) is 18.2 Å². The Balaban J connectivity index is 2.00. The molecule has 1 aliphatic carbocycles. The molecule has 1 N–H and O–H groups in total. The van der Waals surface area contributed by atoms with E-state index in [1.165, 1.54) is 37.7 Å². The van der Waals surface area contributed by atoms with Gasteiger partial charge in [0.25, 0.3) is 0 Å². The number of benzene rings is 1. The van der Waals surface area contributed by atoms with Crippen LogP contribution in [0.25, 0.3) is 0 Å². The average Bonchev–Trinajstić information content (AvgIpc) is 2.25. The van der Waals surface area contributed by atoms with Crippen molar-refractivity contribution < 1.29 is 5.11 Å². The van der Waals surface area contributed by atoms with Crippen LogP contribution in [0.1, 0.15) is 37.7 Å². The van der Waals surface area contributed by atoms with Crippen molar-refractivity contribution in [2.24, 2.45) is 5.92 Å². The molecule has 0 radical (unpaired) electrons. The summed E-state index contributed by atoms with van der Waals surface area (Å²) in [5, 5.41) is 9.79. The Morgan fingerprint density at radius 1 is 1.20 bits per heavy atom. The summed E-state index contributed by atoms with van der Waals surface area (Å²) in [5.74, 6) is 1.00. The first kappa shape index (κ1) is 10.8. The van der Waals surface area contributed by atoms with Gasteiger partial charge in [-0.1, -0.05) is 49.8 Å². The van der Waals surface area contributed by atoms with Gasteiger partial charge in [0, 0.05) is 0 Å². The van der Waals surface area contributed by atoms with E-state index >= 15 is 0 Å². The summed E-state index contributed by atoms with van der Waals surface area (Å²) < 4.78 is 0. The molecule has 0 atom stereocenters. The highest BCUT2D eigenvalue weighted by atomic mass is 35.5. The Morgan fingerprint density at radius 2 is 1.93 bits per heavy atom. The fourth-order valence-corrected chi connectivity index (χ4v) is 2.61. The zero-order chi connectivity index (χ0) is 10.7. The lowest BCUT2D eigenvalue weighted by molar-refractivity contribution is 0.356. The van der Waals surface area contributed by atoms with E-state index in [4.69, 9.17) is 11.6 Å². The summed E-state index contributed by atoms with van der Waals surface area (Å²) in [7, 11) is 0. The molecule has 1 fully saturated rings. The summed E-state index contributed by atoms with van der Waals surface area (Å²) in [4.78, 5) is 0. The van der Waals surface area contributed by atoms with Crippen molar-refractivity contribution in [3.8, 4) is 5.75 Å². The molecule has 2 rings (SSSR count). The van der Waals surface area contributed by atoms with Gasteiger partial charge in [-0.05, 0) is 30.0 Å². The fraction of sp³-hybridized carbons (Fsp3) is 0.538. The molecule has 0 unspecified atom stereocenters. The second kappa shape index (κ2) is 4.89. The first-order valence-corrected chi connectivity index (χ1v) is 6.11. The number of aromatic hydroxyl groups is 1. The van der Waals surface area contributed by atoms with Crippen LogP contribution >= 0.6 is 11.6 Å². The maximum Gasteiger partial charge on any atom is 0.134 e. The monoisotopic (exact) mass is 224 g/mol. The zero-order valence-corrected chi connectivity index (χ0v) is 9.63. The lowest BCUT2D eigenvalue weighted by atomic mass is 9.85. The second-order valence-electron chi connectivity index (χ2n) is 4.49. The molecule has 1 nitrogen and oxygen atoms in total. The molecular weight excluding hydrogens is 208 g/mol. The van der Waals surface area contributed by atoms with Crippen LogP contribution in [0.5, 0.6) is 5.75 Å². The molecule has 1 saturated carbocycles. The van der Waals surface area contributed by atoms with Crippen LogP contribution < -0.4 is 0 Å². The Hall–Kier alpha value is -0.690. The van der Waals surface area contributed by atoms with E-state index in [0.29, 0.717) is 5.02 Å². The second-order valence-corrected chi connectivity index (χ2v) is 4.90. The number of halogens is 1. The van der Waals surface area contributed by atoms with Gasteiger partial charge in [0.1, 0.15) is 5.75 Å². The van der Waals surface area contributed by atoms with Gasteiger partial charge in [-0.3, -0.25) is 0 Å². The quantitative estimate of drug-likeness (QED) is 0.800. The molecule has 1 aromatic carbocycles. The summed E-state index contributed by atoms with van der Waals surface area (Å²) >= 11 is 5.88. The SMILES string of the molecule is Oc1ccc(CC2CCCCC2)cc1Cl. The largest absolute Gasteiger partial charge is 0.506 e. The van der Waals surface area contributed by atoms with E-state index in [-0.39, 0.29) is 5.75 Å². The summed E-state index contributed by atoms with van der Waals surface area (Å²) in [6.45, 7) is 0. The highest BCUT2D eigenvalue weighted by Gasteiger charge is 2.14.